The van der Waals surface area contributed by atoms with Crippen molar-refractivity contribution in [1.29, 1.82) is 0 Å². The lowest BCUT2D eigenvalue weighted by atomic mass is 9.95. The van der Waals surface area contributed by atoms with Gasteiger partial charge in [0.05, 0.1) is 0 Å². The third-order valence-corrected chi connectivity index (χ3v) is 6.40. The van der Waals surface area contributed by atoms with E-state index in [9.17, 15) is 14.4 Å². The van der Waals surface area contributed by atoms with Crippen LogP contribution in [0.15, 0.2) is 24.3 Å². The lowest BCUT2D eigenvalue weighted by Gasteiger charge is -2.34. The first-order chi connectivity index (χ1) is 15.0. The van der Waals surface area contributed by atoms with Crippen molar-refractivity contribution in [2.75, 3.05) is 31.6 Å². The number of hydrogen-bond acceptors (Lipinski definition) is 4. The molecule has 7 heteroatoms. The van der Waals surface area contributed by atoms with E-state index in [1.54, 1.807) is 17.8 Å². The molecule has 1 heterocycles. The van der Waals surface area contributed by atoms with Crippen molar-refractivity contribution in [3.05, 3.63) is 35.4 Å². The standard InChI is InChI=1S/C24H37N3O3S/c1-4-5-6-13-25-22(28)19-10-14-27(15-11-19)24(30)21(12-16-31-3)26-23(29)20-9-7-8-18(2)17-20/h7-9,17,19,21H,4-6,10-16H2,1-3H3,(H,25,28)(H,26,29). The van der Waals surface area contributed by atoms with Gasteiger partial charge in [0.2, 0.25) is 11.8 Å². The minimum atomic E-state index is -0.542. The van der Waals surface area contributed by atoms with Crippen molar-refractivity contribution in [1.82, 2.24) is 15.5 Å². The first-order valence-electron chi connectivity index (χ1n) is 11.4. The van der Waals surface area contributed by atoms with Crippen LogP contribution in [0.25, 0.3) is 0 Å². The molecule has 1 fully saturated rings. The molecule has 1 saturated heterocycles. The molecule has 172 valence electrons. The van der Waals surface area contributed by atoms with E-state index in [1.807, 2.05) is 36.3 Å². The van der Waals surface area contributed by atoms with Crippen LogP contribution >= 0.6 is 11.8 Å². The molecule has 2 N–H and O–H groups in total. The number of benzene rings is 1. The third-order valence-electron chi connectivity index (χ3n) is 5.75. The van der Waals surface area contributed by atoms with Crippen LogP contribution in [-0.2, 0) is 9.59 Å². The van der Waals surface area contributed by atoms with E-state index in [1.165, 1.54) is 0 Å². The summed E-state index contributed by atoms with van der Waals surface area (Å²) in [7, 11) is 0. The van der Waals surface area contributed by atoms with Gasteiger partial charge in [-0.2, -0.15) is 11.8 Å². The van der Waals surface area contributed by atoms with Gasteiger partial charge in [0.15, 0.2) is 0 Å². The third kappa shape index (κ3) is 8.20. The van der Waals surface area contributed by atoms with Gasteiger partial charge in [0.25, 0.3) is 5.91 Å². The normalized spacial score (nSPS) is 15.4. The summed E-state index contributed by atoms with van der Waals surface area (Å²) in [5.41, 5.74) is 1.58. The molecule has 1 aromatic carbocycles. The quantitative estimate of drug-likeness (QED) is 0.510. The van der Waals surface area contributed by atoms with Crippen molar-refractivity contribution in [2.45, 2.75) is 58.4 Å². The Kier molecular flexibility index (Phi) is 10.9. The molecule has 0 saturated carbocycles. The number of unbranched alkanes of at least 4 members (excludes halogenated alkanes) is 2. The minimum absolute atomic E-state index is 0.0304. The Hall–Kier alpha value is -2.02. The van der Waals surface area contributed by atoms with E-state index in [0.29, 0.717) is 37.9 Å². The Morgan fingerprint density at radius 2 is 1.94 bits per heavy atom. The molecule has 2 rings (SSSR count). The maximum absolute atomic E-state index is 13.2. The average Bonchev–Trinajstić information content (AvgIpc) is 2.78. The number of piperidine rings is 1. The summed E-state index contributed by atoms with van der Waals surface area (Å²) in [6.07, 6.45) is 7.20. The Morgan fingerprint density at radius 1 is 1.19 bits per heavy atom. The molecule has 0 aromatic heterocycles. The van der Waals surface area contributed by atoms with Gasteiger partial charge < -0.3 is 15.5 Å². The molecule has 1 aromatic rings. The van der Waals surface area contributed by atoms with Crippen LogP contribution in [0.3, 0.4) is 0 Å². The lowest BCUT2D eigenvalue weighted by molar-refractivity contribution is -0.137. The summed E-state index contributed by atoms with van der Waals surface area (Å²) in [6, 6.07) is 6.84. The van der Waals surface area contributed by atoms with Gasteiger partial charge in [0, 0.05) is 31.1 Å². The van der Waals surface area contributed by atoms with Crippen molar-refractivity contribution in [3.8, 4) is 0 Å². The second-order valence-electron chi connectivity index (χ2n) is 8.27. The predicted octanol–water partition coefficient (Wildman–Crippen LogP) is 3.39. The van der Waals surface area contributed by atoms with Crippen LogP contribution in [0.5, 0.6) is 0 Å². The van der Waals surface area contributed by atoms with Crippen LogP contribution < -0.4 is 10.6 Å². The first-order valence-corrected chi connectivity index (χ1v) is 12.8. The summed E-state index contributed by atoms with van der Waals surface area (Å²) in [5, 5.41) is 5.97. The summed E-state index contributed by atoms with van der Waals surface area (Å²) in [4.78, 5) is 40.0. The van der Waals surface area contributed by atoms with E-state index in [-0.39, 0.29) is 23.6 Å². The number of nitrogens with one attached hydrogen (secondary N) is 2. The van der Waals surface area contributed by atoms with E-state index < -0.39 is 6.04 Å². The Balaban J connectivity index is 1.90. The fourth-order valence-corrected chi connectivity index (χ4v) is 4.31. The molecule has 1 unspecified atom stereocenters. The zero-order valence-electron chi connectivity index (χ0n) is 19.1. The fourth-order valence-electron chi connectivity index (χ4n) is 3.83. The second kappa shape index (κ2) is 13.4. The highest BCUT2D eigenvalue weighted by Gasteiger charge is 2.31. The van der Waals surface area contributed by atoms with E-state index in [4.69, 9.17) is 0 Å². The van der Waals surface area contributed by atoms with Crippen LogP contribution in [0, 0.1) is 12.8 Å². The van der Waals surface area contributed by atoms with Crippen molar-refractivity contribution >= 4 is 29.5 Å². The lowest BCUT2D eigenvalue weighted by Crippen LogP contribution is -2.52. The minimum Gasteiger partial charge on any atom is -0.356 e. The van der Waals surface area contributed by atoms with Gasteiger partial charge in [-0.3, -0.25) is 14.4 Å². The maximum Gasteiger partial charge on any atom is 0.251 e. The summed E-state index contributed by atoms with van der Waals surface area (Å²) in [6.45, 7) is 5.93. The van der Waals surface area contributed by atoms with Gasteiger partial charge in [0.1, 0.15) is 6.04 Å². The van der Waals surface area contributed by atoms with Crippen LogP contribution in [-0.4, -0.2) is 60.3 Å². The van der Waals surface area contributed by atoms with Crippen LogP contribution in [0.2, 0.25) is 0 Å². The zero-order chi connectivity index (χ0) is 22.6. The molecule has 0 spiro atoms. The molecule has 1 aliphatic rings. The number of amides is 3. The predicted molar refractivity (Wildman–Crippen MR) is 127 cm³/mol. The number of carbonyl (C=O) groups excluding carboxylic acids is 3. The maximum atomic E-state index is 13.2. The summed E-state index contributed by atoms with van der Waals surface area (Å²) < 4.78 is 0. The van der Waals surface area contributed by atoms with Crippen LogP contribution in [0.1, 0.15) is 61.4 Å². The van der Waals surface area contributed by atoms with Crippen LogP contribution in [0.4, 0.5) is 0 Å². The number of carbonyl (C=O) groups is 3. The smallest absolute Gasteiger partial charge is 0.251 e. The fraction of sp³-hybridized carbons (Fsp3) is 0.625. The van der Waals surface area contributed by atoms with Crippen molar-refractivity contribution in [3.63, 3.8) is 0 Å². The molecule has 0 bridgehead atoms. The largest absolute Gasteiger partial charge is 0.356 e. The monoisotopic (exact) mass is 447 g/mol. The molecule has 0 aliphatic carbocycles. The average molecular weight is 448 g/mol. The number of hydrogen-bond donors (Lipinski definition) is 2. The Morgan fingerprint density at radius 3 is 2.58 bits per heavy atom. The Labute approximate surface area is 190 Å². The molecule has 1 atom stereocenters. The Bertz CT molecular complexity index is 733. The van der Waals surface area contributed by atoms with Gasteiger partial charge in [-0.05, 0) is 56.7 Å². The number of likely N-dealkylation sites (tertiary alicyclic amines) is 1. The molecule has 1 aliphatic heterocycles. The molecular weight excluding hydrogens is 410 g/mol. The summed E-state index contributed by atoms with van der Waals surface area (Å²) >= 11 is 1.66. The van der Waals surface area contributed by atoms with Crippen molar-refractivity contribution in [2.24, 2.45) is 5.92 Å². The second-order valence-corrected chi connectivity index (χ2v) is 9.26. The number of rotatable bonds is 11. The van der Waals surface area contributed by atoms with E-state index in [2.05, 4.69) is 17.6 Å². The van der Waals surface area contributed by atoms with Gasteiger partial charge in [-0.1, -0.05) is 37.5 Å². The SMILES string of the molecule is CCCCCNC(=O)C1CCN(C(=O)C(CCSC)NC(=O)c2cccc(C)c2)CC1. The topological polar surface area (TPSA) is 78.5 Å². The zero-order valence-corrected chi connectivity index (χ0v) is 19.9. The van der Waals surface area contributed by atoms with Gasteiger partial charge in [-0.25, -0.2) is 0 Å². The molecule has 0 radical (unpaired) electrons. The van der Waals surface area contributed by atoms with E-state index >= 15 is 0 Å². The van der Waals surface area contributed by atoms with Gasteiger partial charge in [-0.15, -0.1) is 0 Å². The molecule has 31 heavy (non-hydrogen) atoms. The van der Waals surface area contributed by atoms with E-state index in [0.717, 1.165) is 37.1 Å². The number of aryl methyl sites for hydroxylation is 1. The molecule has 6 nitrogen and oxygen atoms in total. The highest BCUT2D eigenvalue weighted by molar-refractivity contribution is 7.98. The summed E-state index contributed by atoms with van der Waals surface area (Å²) in [5.74, 6) is 0.606. The highest BCUT2D eigenvalue weighted by atomic mass is 32.2. The van der Waals surface area contributed by atoms with Gasteiger partial charge >= 0.3 is 0 Å². The molecule has 3 amide bonds. The number of thioether (sulfide) groups is 1. The van der Waals surface area contributed by atoms with Crippen molar-refractivity contribution < 1.29 is 14.4 Å². The highest BCUT2D eigenvalue weighted by Crippen LogP contribution is 2.19. The number of nitrogens with zero attached hydrogens (tertiary/aromatic N) is 1. The first kappa shape index (κ1) is 25.2. The molecular formula is C24H37N3O3S.